The largest absolute Gasteiger partial charge is 0.466 e. The van der Waals surface area contributed by atoms with Crippen LogP contribution in [-0.2, 0) is 9.53 Å². The first-order chi connectivity index (χ1) is 7.33. The number of carbonyl (C=O) groups excluding carboxylic acids is 1. The molecule has 98 valence electrons. The molecule has 0 fully saturated rings. The quantitative estimate of drug-likeness (QED) is 0.564. The van der Waals surface area contributed by atoms with Gasteiger partial charge in [0.2, 0.25) is 0 Å². The van der Waals surface area contributed by atoms with Crippen molar-refractivity contribution in [3.05, 3.63) is 0 Å². The zero-order chi connectivity index (χ0) is 13.0. The summed E-state index contributed by atoms with van der Waals surface area (Å²) in [5, 5.41) is 9.32. The summed E-state index contributed by atoms with van der Waals surface area (Å²) in [4.78, 5) is 9.82. The average Bonchev–Trinajstić information content (AvgIpc) is 2.12. The van der Waals surface area contributed by atoms with Crippen LogP contribution in [0.2, 0.25) is 0 Å². The first kappa shape index (κ1) is 17.8. The highest BCUT2D eigenvalue weighted by atomic mass is 16.5. The summed E-state index contributed by atoms with van der Waals surface area (Å²) in [5.74, 6) is -0.211. The minimum absolute atomic E-state index is 0.211. The fourth-order valence-corrected chi connectivity index (χ4v) is 1.19. The molecule has 3 heteroatoms. The molecule has 0 atom stereocenters. The lowest BCUT2D eigenvalue weighted by atomic mass is 10.0. The predicted molar refractivity (Wildman–Crippen MR) is 67.4 cm³/mol. The highest BCUT2D eigenvalue weighted by molar-refractivity contribution is 5.65. The molecule has 1 N–H and O–H groups in total. The fraction of sp³-hybridized carbons (Fsp3) is 0.923. The summed E-state index contributed by atoms with van der Waals surface area (Å²) < 4.78 is 4.40. The molecule has 16 heavy (non-hydrogen) atoms. The fourth-order valence-electron chi connectivity index (χ4n) is 1.19. The van der Waals surface area contributed by atoms with E-state index in [1.165, 1.54) is 26.2 Å². The SMILES string of the molecule is CCCCCCC(C)(C)O.CCOC(C)=O. The van der Waals surface area contributed by atoms with Crippen molar-refractivity contribution in [1.29, 1.82) is 0 Å². The molecule has 0 saturated heterocycles. The Hall–Kier alpha value is -0.570. The summed E-state index contributed by atoms with van der Waals surface area (Å²) in [6, 6.07) is 0. The minimum Gasteiger partial charge on any atom is -0.466 e. The van der Waals surface area contributed by atoms with Crippen molar-refractivity contribution in [1.82, 2.24) is 0 Å². The monoisotopic (exact) mass is 232 g/mol. The van der Waals surface area contributed by atoms with Gasteiger partial charge in [-0.25, -0.2) is 0 Å². The second kappa shape index (κ2) is 10.9. The molecule has 0 saturated carbocycles. The molecule has 0 spiro atoms. The standard InChI is InChI=1S/C9H20O.C4H8O2/c1-4-5-6-7-8-9(2,3)10;1-3-6-4(2)5/h10H,4-8H2,1-3H3;3H2,1-2H3. The van der Waals surface area contributed by atoms with E-state index >= 15 is 0 Å². The van der Waals surface area contributed by atoms with Gasteiger partial charge >= 0.3 is 5.97 Å². The lowest BCUT2D eigenvalue weighted by Crippen LogP contribution is -2.17. The molecule has 0 aliphatic rings. The van der Waals surface area contributed by atoms with E-state index in [1.54, 1.807) is 6.92 Å². The van der Waals surface area contributed by atoms with E-state index in [0.717, 1.165) is 12.8 Å². The normalized spacial score (nSPS) is 10.4. The van der Waals surface area contributed by atoms with Crippen LogP contribution in [0.4, 0.5) is 0 Å². The summed E-state index contributed by atoms with van der Waals surface area (Å²) >= 11 is 0. The van der Waals surface area contributed by atoms with Crippen molar-refractivity contribution in [3.8, 4) is 0 Å². The van der Waals surface area contributed by atoms with Gasteiger partial charge in [0.05, 0.1) is 12.2 Å². The first-order valence-corrected chi connectivity index (χ1v) is 6.19. The smallest absolute Gasteiger partial charge is 0.302 e. The Labute approximate surface area is 100 Å². The highest BCUT2D eigenvalue weighted by Crippen LogP contribution is 2.13. The molecular formula is C13H28O3. The number of hydrogen-bond donors (Lipinski definition) is 1. The van der Waals surface area contributed by atoms with E-state index in [4.69, 9.17) is 0 Å². The van der Waals surface area contributed by atoms with Crippen LogP contribution in [0.25, 0.3) is 0 Å². The van der Waals surface area contributed by atoms with Gasteiger partial charge in [-0.05, 0) is 27.2 Å². The van der Waals surface area contributed by atoms with Crippen molar-refractivity contribution in [2.75, 3.05) is 6.61 Å². The van der Waals surface area contributed by atoms with E-state index in [9.17, 15) is 9.90 Å². The Balaban J connectivity index is 0. The minimum atomic E-state index is -0.451. The predicted octanol–water partition coefficient (Wildman–Crippen LogP) is 3.30. The topological polar surface area (TPSA) is 46.5 Å². The Morgan fingerprint density at radius 2 is 1.75 bits per heavy atom. The van der Waals surface area contributed by atoms with E-state index in [2.05, 4.69) is 11.7 Å². The third-order valence-electron chi connectivity index (χ3n) is 1.99. The van der Waals surface area contributed by atoms with Gasteiger partial charge in [-0.2, -0.15) is 0 Å². The highest BCUT2D eigenvalue weighted by Gasteiger charge is 2.10. The van der Waals surface area contributed by atoms with Gasteiger partial charge in [-0.1, -0.05) is 32.6 Å². The molecular weight excluding hydrogens is 204 g/mol. The summed E-state index contributed by atoms with van der Waals surface area (Å²) in [6.07, 6.45) is 5.94. The maximum Gasteiger partial charge on any atom is 0.302 e. The molecule has 0 rings (SSSR count). The number of rotatable bonds is 6. The summed E-state index contributed by atoms with van der Waals surface area (Å²) in [6.45, 7) is 9.60. The van der Waals surface area contributed by atoms with Crippen molar-refractivity contribution in [3.63, 3.8) is 0 Å². The zero-order valence-electron chi connectivity index (χ0n) is 11.5. The maximum atomic E-state index is 9.82. The van der Waals surface area contributed by atoms with E-state index < -0.39 is 5.60 Å². The van der Waals surface area contributed by atoms with Gasteiger partial charge in [0, 0.05) is 6.92 Å². The Bertz CT molecular complexity index is 159. The van der Waals surface area contributed by atoms with Crippen molar-refractivity contribution < 1.29 is 14.6 Å². The number of unbranched alkanes of at least 4 members (excludes halogenated alkanes) is 3. The summed E-state index contributed by atoms with van der Waals surface area (Å²) in [7, 11) is 0. The van der Waals surface area contributed by atoms with Crippen molar-refractivity contribution in [2.45, 2.75) is 72.3 Å². The number of ether oxygens (including phenoxy) is 1. The molecule has 0 radical (unpaired) electrons. The van der Waals surface area contributed by atoms with Gasteiger partial charge in [0.1, 0.15) is 0 Å². The molecule has 0 unspecified atom stereocenters. The third-order valence-corrected chi connectivity index (χ3v) is 1.99. The number of esters is 1. The first-order valence-electron chi connectivity index (χ1n) is 6.19. The van der Waals surface area contributed by atoms with Crippen LogP contribution >= 0.6 is 0 Å². The number of aliphatic hydroxyl groups is 1. The molecule has 0 aromatic carbocycles. The number of carbonyl (C=O) groups is 1. The van der Waals surface area contributed by atoms with Crippen LogP contribution in [0.15, 0.2) is 0 Å². The van der Waals surface area contributed by atoms with Gasteiger partial charge in [-0.15, -0.1) is 0 Å². The van der Waals surface area contributed by atoms with E-state index in [-0.39, 0.29) is 5.97 Å². The number of hydrogen-bond acceptors (Lipinski definition) is 3. The molecule has 0 bridgehead atoms. The van der Waals surface area contributed by atoms with Crippen LogP contribution in [0.3, 0.4) is 0 Å². The van der Waals surface area contributed by atoms with Crippen LogP contribution in [0.5, 0.6) is 0 Å². The molecule has 0 aliphatic carbocycles. The second-order valence-electron chi connectivity index (χ2n) is 4.55. The van der Waals surface area contributed by atoms with Gasteiger partial charge in [0.25, 0.3) is 0 Å². The lowest BCUT2D eigenvalue weighted by molar-refractivity contribution is -0.140. The molecule has 0 aromatic heterocycles. The Kier molecular flexibility index (Phi) is 12.2. The van der Waals surface area contributed by atoms with Crippen LogP contribution in [-0.4, -0.2) is 23.3 Å². The van der Waals surface area contributed by atoms with Gasteiger partial charge in [-0.3, -0.25) is 4.79 Å². The molecule has 0 aromatic rings. The van der Waals surface area contributed by atoms with Crippen molar-refractivity contribution in [2.24, 2.45) is 0 Å². The van der Waals surface area contributed by atoms with E-state index in [1.807, 2.05) is 13.8 Å². The Morgan fingerprint density at radius 3 is 2.00 bits per heavy atom. The van der Waals surface area contributed by atoms with Crippen LogP contribution in [0, 0.1) is 0 Å². The Morgan fingerprint density at radius 1 is 1.19 bits per heavy atom. The van der Waals surface area contributed by atoms with Gasteiger partial charge < -0.3 is 9.84 Å². The van der Waals surface area contributed by atoms with Crippen molar-refractivity contribution >= 4 is 5.97 Å². The van der Waals surface area contributed by atoms with Gasteiger partial charge in [0.15, 0.2) is 0 Å². The summed E-state index contributed by atoms with van der Waals surface area (Å²) in [5.41, 5.74) is -0.451. The van der Waals surface area contributed by atoms with Crippen LogP contribution in [0.1, 0.15) is 66.7 Å². The lowest BCUT2D eigenvalue weighted by Gasteiger charge is -2.15. The third kappa shape index (κ3) is 23.3. The van der Waals surface area contributed by atoms with Crippen LogP contribution < -0.4 is 0 Å². The van der Waals surface area contributed by atoms with E-state index in [0.29, 0.717) is 6.61 Å². The molecule has 0 heterocycles. The molecule has 3 nitrogen and oxygen atoms in total. The average molecular weight is 232 g/mol. The molecule has 0 amide bonds. The zero-order valence-corrected chi connectivity index (χ0v) is 11.5. The maximum absolute atomic E-state index is 9.82. The second-order valence-corrected chi connectivity index (χ2v) is 4.55. The molecule has 0 aliphatic heterocycles.